The minimum absolute atomic E-state index is 0.233. The zero-order chi connectivity index (χ0) is 15.5. The highest BCUT2D eigenvalue weighted by molar-refractivity contribution is 5.84. The second kappa shape index (κ2) is 6.32. The van der Waals surface area contributed by atoms with Gasteiger partial charge >= 0.3 is 0 Å². The van der Waals surface area contributed by atoms with Gasteiger partial charge in [-0.1, -0.05) is 18.2 Å². The lowest BCUT2D eigenvalue weighted by Crippen LogP contribution is -2.28. The molecule has 0 spiro atoms. The number of fused-ring (bicyclic) bond motifs is 1. The van der Waals surface area contributed by atoms with Gasteiger partial charge in [-0.25, -0.2) is 4.98 Å². The van der Waals surface area contributed by atoms with E-state index in [1.165, 1.54) is 5.56 Å². The van der Waals surface area contributed by atoms with Gasteiger partial charge in [0.2, 0.25) is 5.91 Å². The largest absolute Gasteiger partial charge is 0.384 e. The molecular weight excluding hydrogens is 278 g/mol. The van der Waals surface area contributed by atoms with Crippen molar-refractivity contribution in [3.63, 3.8) is 0 Å². The average Bonchev–Trinajstić information content (AvgIpc) is 2.84. The van der Waals surface area contributed by atoms with E-state index >= 15 is 0 Å². The molecule has 0 radical (unpaired) electrons. The molecule has 1 unspecified atom stereocenters. The van der Waals surface area contributed by atoms with Gasteiger partial charge in [-0.05, 0) is 29.4 Å². The number of nitrogens with two attached hydrogens (primary N) is 1. The third kappa shape index (κ3) is 3.20. The monoisotopic (exact) mass is 299 g/mol. The fraction of sp³-hybridized carbons (Fsp3) is 0.412. The van der Waals surface area contributed by atoms with Crippen molar-refractivity contribution in [1.29, 1.82) is 0 Å². The van der Waals surface area contributed by atoms with Crippen molar-refractivity contribution in [2.75, 3.05) is 32.5 Å². The first-order valence-corrected chi connectivity index (χ1v) is 7.56. The lowest BCUT2D eigenvalue weighted by Gasteiger charge is -2.16. The summed E-state index contributed by atoms with van der Waals surface area (Å²) >= 11 is 0. The molecule has 2 N–H and O–H groups in total. The van der Waals surface area contributed by atoms with Gasteiger partial charge in [0.05, 0.1) is 6.61 Å². The van der Waals surface area contributed by atoms with Gasteiger partial charge in [0.25, 0.3) is 0 Å². The maximum absolute atomic E-state index is 12.0. The smallest absolute Gasteiger partial charge is 0.223 e. The summed E-state index contributed by atoms with van der Waals surface area (Å²) in [5.74, 6) is 1.14. The molecule has 1 atom stereocenters. The standard InChI is InChI=1S/C17H21N3O2/c1-22-5-4-20-11-13(8-17(20)21)6-12-2-3-14-10-19-16(18)9-15(14)7-12/h2-3,7,9-10,13H,4-6,8,11H2,1H3,(H2,18,19). The predicted molar refractivity (Wildman–Crippen MR) is 86.4 cm³/mol. The number of nitrogens with zero attached hydrogens (tertiary/aromatic N) is 2. The number of anilines is 1. The molecule has 5 heteroatoms. The van der Waals surface area contributed by atoms with Crippen molar-refractivity contribution in [2.24, 2.45) is 5.92 Å². The zero-order valence-electron chi connectivity index (χ0n) is 12.8. The number of nitrogen functional groups attached to an aromatic ring is 1. The molecule has 0 saturated carbocycles. The summed E-state index contributed by atoms with van der Waals surface area (Å²) in [6.07, 6.45) is 3.33. The SMILES string of the molecule is COCCN1CC(Cc2ccc3cnc(N)cc3c2)CC1=O. The Morgan fingerprint density at radius 2 is 2.23 bits per heavy atom. The van der Waals surface area contributed by atoms with E-state index in [1.54, 1.807) is 13.3 Å². The van der Waals surface area contributed by atoms with Gasteiger partial charge in [0.1, 0.15) is 5.82 Å². The lowest BCUT2D eigenvalue weighted by molar-refractivity contribution is -0.128. The molecular formula is C17H21N3O2. The molecule has 22 heavy (non-hydrogen) atoms. The fourth-order valence-electron chi connectivity index (χ4n) is 3.08. The van der Waals surface area contributed by atoms with Crippen molar-refractivity contribution in [3.05, 3.63) is 36.0 Å². The fourth-order valence-corrected chi connectivity index (χ4v) is 3.08. The highest BCUT2D eigenvalue weighted by Crippen LogP contribution is 2.24. The Morgan fingerprint density at radius 1 is 1.36 bits per heavy atom. The zero-order valence-corrected chi connectivity index (χ0v) is 12.8. The van der Waals surface area contributed by atoms with Crippen LogP contribution in [-0.4, -0.2) is 42.6 Å². The second-order valence-corrected chi connectivity index (χ2v) is 5.90. The van der Waals surface area contributed by atoms with Crippen LogP contribution in [-0.2, 0) is 16.0 Å². The lowest BCUT2D eigenvalue weighted by atomic mass is 9.97. The first-order valence-electron chi connectivity index (χ1n) is 7.56. The summed E-state index contributed by atoms with van der Waals surface area (Å²) in [5, 5.41) is 2.19. The Morgan fingerprint density at radius 3 is 3.05 bits per heavy atom. The number of pyridine rings is 1. The van der Waals surface area contributed by atoms with Gasteiger partial charge in [-0.15, -0.1) is 0 Å². The molecule has 1 aliphatic rings. The maximum Gasteiger partial charge on any atom is 0.223 e. The normalized spacial score (nSPS) is 18.3. The number of likely N-dealkylation sites (tertiary alicyclic amines) is 1. The number of rotatable bonds is 5. The van der Waals surface area contributed by atoms with Crippen LogP contribution in [0, 0.1) is 5.92 Å². The third-order valence-corrected chi connectivity index (χ3v) is 4.19. The van der Waals surface area contributed by atoms with Crippen molar-refractivity contribution >= 4 is 22.5 Å². The molecule has 1 aliphatic heterocycles. The van der Waals surface area contributed by atoms with Crippen LogP contribution in [0.1, 0.15) is 12.0 Å². The van der Waals surface area contributed by atoms with Gasteiger partial charge in [-0.3, -0.25) is 4.79 Å². The molecule has 2 heterocycles. The summed E-state index contributed by atoms with van der Waals surface area (Å²) in [7, 11) is 1.66. The number of methoxy groups -OCH3 is 1. The van der Waals surface area contributed by atoms with E-state index in [9.17, 15) is 4.79 Å². The van der Waals surface area contributed by atoms with E-state index in [0.29, 0.717) is 31.3 Å². The van der Waals surface area contributed by atoms with Crippen LogP contribution in [0.2, 0.25) is 0 Å². The van der Waals surface area contributed by atoms with Crippen LogP contribution in [0.3, 0.4) is 0 Å². The van der Waals surface area contributed by atoms with Gasteiger partial charge in [0.15, 0.2) is 0 Å². The van der Waals surface area contributed by atoms with Crippen molar-refractivity contribution < 1.29 is 9.53 Å². The topological polar surface area (TPSA) is 68.4 Å². The van der Waals surface area contributed by atoms with Crippen LogP contribution < -0.4 is 5.73 Å². The van der Waals surface area contributed by atoms with E-state index in [-0.39, 0.29) is 5.91 Å². The van der Waals surface area contributed by atoms with Crippen molar-refractivity contribution in [1.82, 2.24) is 9.88 Å². The molecule has 1 aromatic heterocycles. The Kier molecular flexibility index (Phi) is 4.24. The highest BCUT2D eigenvalue weighted by Gasteiger charge is 2.29. The Hall–Kier alpha value is -2.14. The van der Waals surface area contributed by atoms with Crippen LogP contribution in [0.5, 0.6) is 0 Å². The molecule has 3 rings (SSSR count). The number of hydrogen-bond acceptors (Lipinski definition) is 4. The van der Waals surface area contributed by atoms with Gasteiger partial charge in [0, 0.05) is 38.2 Å². The Labute approximate surface area is 130 Å². The number of amides is 1. The van der Waals surface area contributed by atoms with Crippen molar-refractivity contribution in [3.8, 4) is 0 Å². The highest BCUT2D eigenvalue weighted by atomic mass is 16.5. The average molecular weight is 299 g/mol. The number of ether oxygens (including phenoxy) is 1. The quantitative estimate of drug-likeness (QED) is 0.915. The minimum Gasteiger partial charge on any atom is -0.384 e. The van der Waals surface area contributed by atoms with Crippen LogP contribution in [0.4, 0.5) is 5.82 Å². The van der Waals surface area contributed by atoms with Gasteiger partial charge in [-0.2, -0.15) is 0 Å². The molecule has 0 aliphatic carbocycles. The summed E-state index contributed by atoms with van der Waals surface area (Å²) < 4.78 is 5.05. The number of carbonyl (C=O) groups excluding carboxylic acids is 1. The summed E-state index contributed by atoms with van der Waals surface area (Å²) in [4.78, 5) is 18.0. The third-order valence-electron chi connectivity index (χ3n) is 4.19. The Balaban J connectivity index is 1.69. The van der Waals surface area contributed by atoms with Crippen LogP contribution >= 0.6 is 0 Å². The summed E-state index contributed by atoms with van der Waals surface area (Å²) in [6, 6.07) is 8.22. The van der Waals surface area contributed by atoms with E-state index in [2.05, 4.69) is 23.2 Å². The molecule has 1 amide bonds. The first kappa shape index (κ1) is 14.8. The summed E-state index contributed by atoms with van der Waals surface area (Å²) in [6.45, 7) is 2.10. The maximum atomic E-state index is 12.0. The molecule has 1 aromatic carbocycles. The molecule has 5 nitrogen and oxygen atoms in total. The second-order valence-electron chi connectivity index (χ2n) is 5.90. The summed E-state index contributed by atoms with van der Waals surface area (Å²) in [5.41, 5.74) is 6.99. The molecule has 1 fully saturated rings. The number of benzene rings is 1. The Bertz CT molecular complexity index is 687. The number of hydrogen-bond donors (Lipinski definition) is 1. The van der Waals surface area contributed by atoms with Crippen LogP contribution in [0.15, 0.2) is 30.5 Å². The van der Waals surface area contributed by atoms with Gasteiger partial charge < -0.3 is 15.4 Å². The molecule has 116 valence electrons. The van der Waals surface area contributed by atoms with Crippen LogP contribution in [0.25, 0.3) is 10.8 Å². The number of aromatic nitrogens is 1. The molecule has 2 aromatic rings. The van der Waals surface area contributed by atoms with E-state index in [1.807, 2.05) is 11.0 Å². The van der Waals surface area contributed by atoms with E-state index in [0.717, 1.165) is 23.7 Å². The predicted octanol–water partition coefficient (Wildman–Crippen LogP) is 1.85. The van der Waals surface area contributed by atoms with E-state index in [4.69, 9.17) is 10.5 Å². The molecule has 1 saturated heterocycles. The van der Waals surface area contributed by atoms with Crippen molar-refractivity contribution in [2.45, 2.75) is 12.8 Å². The first-order chi connectivity index (χ1) is 10.7. The number of carbonyl (C=O) groups is 1. The minimum atomic E-state index is 0.233. The molecule has 0 bridgehead atoms. The van der Waals surface area contributed by atoms with E-state index < -0.39 is 0 Å².